The number of rotatable bonds is 39. The molecule has 0 fully saturated rings. The number of hydrogen-bond acceptors (Lipinski definition) is 15. The predicted molar refractivity (Wildman–Crippen MR) is 178 cm³/mol. The number of ether oxygens (including phenoxy) is 13. The fourth-order valence-electron chi connectivity index (χ4n) is 3.55. The Kier molecular flexibility index (Phi) is 33.8. The van der Waals surface area contributed by atoms with Crippen LogP contribution in [0.15, 0.2) is 24.3 Å². The van der Waals surface area contributed by atoms with Gasteiger partial charge < -0.3 is 61.6 Å². The normalized spacial score (nSPS) is 11.2. The average Bonchev–Trinajstić information content (AvgIpc) is 3.11. The van der Waals surface area contributed by atoms with E-state index in [0.29, 0.717) is 170 Å². The Bertz CT molecular complexity index is 843. The van der Waals surface area contributed by atoms with Crippen molar-refractivity contribution < 1.29 is 71.2 Å². The van der Waals surface area contributed by atoms with Gasteiger partial charge in [0.25, 0.3) is 0 Å². The summed E-state index contributed by atoms with van der Waals surface area (Å²) in [6.07, 6.45) is 1.05. The molecule has 1 aromatic carbocycles. The lowest BCUT2D eigenvalue weighted by atomic mass is 10.2. The fraction of sp³-hybridized carbons (Fsp3) is 0.765. The van der Waals surface area contributed by atoms with Crippen LogP contribution in [0.5, 0.6) is 5.75 Å². The van der Waals surface area contributed by atoms with Crippen molar-refractivity contribution in [2.45, 2.75) is 13.3 Å². The Morgan fingerprint density at radius 2 is 0.735 bits per heavy atom. The number of carbonyl (C=O) groups excluding carboxylic acids is 2. The van der Waals surface area contributed by atoms with Crippen molar-refractivity contribution in [2.24, 2.45) is 0 Å². The van der Waals surface area contributed by atoms with Crippen molar-refractivity contribution in [3.63, 3.8) is 0 Å². The number of esters is 1. The average molecular weight is 707 g/mol. The van der Waals surface area contributed by atoms with E-state index in [-0.39, 0.29) is 12.4 Å². The molecule has 0 heterocycles. The van der Waals surface area contributed by atoms with Gasteiger partial charge in [0.2, 0.25) is 0 Å². The van der Waals surface area contributed by atoms with Crippen LogP contribution in [-0.4, -0.2) is 171 Å². The molecular formula is C34H58O15. The maximum atomic E-state index is 11.2. The van der Waals surface area contributed by atoms with E-state index >= 15 is 0 Å². The van der Waals surface area contributed by atoms with Gasteiger partial charge in [-0.2, -0.15) is 0 Å². The molecule has 15 nitrogen and oxygen atoms in total. The first kappa shape index (κ1) is 44.7. The molecule has 1 aromatic rings. The highest BCUT2D eigenvalue weighted by molar-refractivity contribution is 5.74. The van der Waals surface area contributed by atoms with E-state index in [1.54, 1.807) is 31.2 Å². The molecule has 0 atom stereocenters. The van der Waals surface area contributed by atoms with Gasteiger partial charge in [-0.1, -0.05) is 0 Å². The van der Waals surface area contributed by atoms with Crippen LogP contribution in [0.4, 0.5) is 0 Å². The first-order chi connectivity index (χ1) is 24.3. The van der Waals surface area contributed by atoms with Gasteiger partial charge >= 0.3 is 5.97 Å². The zero-order valence-corrected chi connectivity index (χ0v) is 29.2. The molecule has 15 heteroatoms. The van der Waals surface area contributed by atoms with Gasteiger partial charge in [-0.3, -0.25) is 9.59 Å². The van der Waals surface area contributed by atoms with Gasteiger partial charge in [0.15, 0.2) is 0 Å². The van der Waals surface area contributed by atoms with Gasteiger partial charge in [0, 0.05) is 5.56 Å². The highest BCUT2D eigenvalue weighted by Gasteiger charge is 2.01. The SMILES string of the molecule is CCOC(=O)CCOCCOCCOCCOCCOCCOCCOCCOCCOCCOCCOCCOc1ccc(C=O)cc1. The van der Waals surface area contributed by atoms with Gasteiger partial charge in [0.05, 0.1) is 158 Å². The highest BCUT2D eigenvalue weighted by atomic mass is 16.6. The lowest BCUT2D eigenvalue weighted by Gasteiger charge is -2.09. The maximum Gasteiger partial charge on any atom is 0.308 e. The Morgan fingerprint density at radius 3 is 1.02 bits per heavy atom. The van der Waals surface area contributed by atoms with E-state index in [4.69, 9.17) is 61.6 Å². The smallest absolute Gasteiger partial charge is 0.308 e. The second kappa shape index (κ2) is 37.0. The molecule has 0 saturated heterocycles. The molecule has 0 aliphatic heterocycles. The molecule has 0 radical (unpaired) electrons. The lowest BCUT2D eigenvalue weighted by Crippen LogP contribution is -2.15. The Morgan fingerprint density at radius 1 is 0.449 bits per heavy atom. The summed E-state index contributed by atoms with van der Waals surface area (Å²) in [6, 6.07) is 6.92. The summed E-state index contributed by atoms with van der Waals surface area (Å²) < 4.78 is 70.2. The quantitative estimate of drug-likeness (QED) is 0.0557. The molecule has 0 aliphatic carbocycles. The van der Waals surface area contributed by atoms with Crippen molar-refractivity contribution in [3.05, 3.63) is 29.8 Å². The monoisotopic (exact) mass is 706 g/mol. The Hall–Kier alpha value is -2.28. The van der Waals surface area contributed by atoms with E-state index in [9.17, 15) is 9.59 Å². The second-order valence-corrected chi connectivity index (χ2v) is 9.83. The van der Waals surface area contributed by atoms with Crippen LogP contribution < -0.4 is 4.74 Å². The molecule has 1 rings (SSSR count). The summed E-state index contributed by atoms with van der Waals surface area (Å²) in [7, 11) is 0. The fourth-order valence-corrected chi connectivity index (χ4v) is 3.55. The van der Waals surface area contributed by atoms with Crippen LogP contribution >= 0.6 is 0 Å². The van der Waals surface area contributed by atoms with Crippen molar-refractivity contribution in [1.82, 2.24) is 0 Å². The largest absolute Gasteiger partial charge is 0.491 e. The topological polar surface area (TPSA) is 154 Å². The third kappa shape index (κ3) is 32.7. The van der Waals surface area contributed by atoms with Gasteiger partial charge in [0.1, 0.15) is 18.6 Å². The van der Waals surface area contributed by atoms with Crippen LogP contribution in [0.3, 0.4) is 0 Å². The summed E-state index contributed by atoms with van der Waals surface area (Å²) in [5, 5.41) is 0. The molecule has 0 aliphatic rings. The molecule has 0 aromatic heterocycles. The molecule has 0 saturated carbocycles. The third-order valence-corrected chi connectivity index (χ3v) is 5.99. The highest BCUT2D eigenvalue weighted by Crippen LogP contribution is 2.10. The van der Waals surface area contributed by atoms with E-state index in [0.717, 1.165) is 6.29 Å². The molecular weight excluding hydrogens is 648 g/mol. The van der Waals surface area contributed by atoms with Crippen LogP contribution in [0.25, 0.3) is 0 Å². The van der Waals surface area contributed by atoms with Crippen LogP contribution in [-0.2, 0) is 61.6 Å². The zero-order valence-electron chi connectivity index (χ0n) is 29.2. The maximum absolute atomic E-state index is 11.2. The van der Waals surface area contributed by atoms with Crippen LogP contribution in [0, 0.1) is 0 Å². The first-order valence-corrected chi connectivity index (χ1v) is 16.9. The lowest BCUT2D eigenvalue weighted by molar-refractivity contribution is -0.144. The minimum atomic E-state index is -0.254. The van der Waals surface area contributed by atoms with Crippen molar-refractivity contribution >= 4 is 12.3 Å². The molecule has 0 amide bonds. The van der Waals surface area contributed by atoms with Crippen LogP contribution in [0.2, 0.25) is 0 Å². The molecule has 284 valence electrons. The summed E-state index contributed by atoms with van der Waals surface area (Å²) >= 11 is 0. The number of aldehydes is 1. The van der Waals surface area contributed by atoms with E-state index in [1.807, 2.05) is 0 Å². The van der Waals surface area contributed by atoms with Gasteiger partial charge in [-0.15, -0.1) is 0 Å². The molecule has 0 N–H and O–H groups in total. The van der Waals surface area contributed by atoms with Crippen molar-refractivity contribution in [2.75, 3.05) is 159 Å². The molecule has 0 unspecified atom stereocenters. The van der Waals surface area contributed by atoms with Crippen molar-refractivity contribution in [3.8, 4) is 5.75 Å². The van der Waals surface area contributed by atoms with E-state index in [2.05, 4.69) is 0 Å². The molecule has 49 heavy (non-hydrogen) atoms. The van der Waals surface area contributed by atoms with E-state index < -0.39 is 0 Å². The van der Waals surface area contributed by atoms with Gasteiger partial charge in [-0.05, 0) is 31.2 Å². The minimum Gasteiger partial charge on any atom is -0.491 e. The second-order valence-electron chi connectivity index (χ2n) is 9.83. The van der Waals surface area contributed by atoms with Crippen LogP contribution in [0.1, 0.15) is 23.7 Å². The number of hydrogen-bond donors (Lipinski definition) is 0. The minimum absolute atomic E-state index is 0.252. The molecule has 0 spiro atoms. The Labute approximate surface area is 290 Å². The summed E-state index contributed by atoms with van der Waals surface area (Å²) in [6.45, 7) is 13.0. The summed E-state index contributed by atoms with van der Waals surface area (Å²) in [4.78, 5) is 21.8. The van der Waals surface area contributed by atoms with Crippen molar-refractivity contribution in [1.29, 1.82) is 0 Å². The van der Waals surface area contributed by atoms with Gasteiger partial charge in [-0.25, -0.2) is 0 Å². The first-order valence-electron chi connectivity index (χ1n) is 16.9. The Balaban J connectivity index is 1.63. The summed E-state index contributed by atoms with van der Waals surface area (Å²) in [5.74, 6) is 0.446. The number of benzene rings is 1. The number of carbonyl (C=O) groups is 2. The predicted octanol–water partition coefficient (Wildman–Crippen LogP) is 2.01. The standard InChI is InChI=1S/C34H58O15/c1-2-48-34(36)7-8-37-9-10-38-11-12-39-13-14-40-15-16-41-17-18-42-19-20-43-21-22-44-23-24-45-25-26-46-27-28-47-29-30-49-33-5-3-32(31-35)4-6-33/h3-6,31H,2,7-30H2,1H3. The summed E-state index contributed by atoms with van der Waals surface area (Å²) in [5.41, 5.74) is 0.615. The molecule has 0 bridgehead atoms. The third-order valence-electron chi connectivity index (χ3n) is 5.99. The zero-order chi connectivity index (χ0) is 35.1. The van der Waals surface area contributed by atoms with E-state index in [1.165, 1.54) is 0 Å².